The largest absolute Gasteiger partial charge is 0.380 e. The molecular formula is C18H23NO. The molecule has 2 heteroatoms. The minimum atomic E-state index is 0.219. The number of ether oxygens (including phenoxy) is 1. The van der Waals surface area contributed by atoms with Crippen LogP contribution in [0.5, 0.6) is 0 Å². The maximum absolute atomic E-state index is 5.32. The molecule has 0 saturated heterocycles. The summed E-state index contributed by atoms with van der Waals surface area (Å²) in [6.45, 7) is 2.93. The van der Waals surface area contributed by atoms with Crippen molar-refractivity contribution in [3.05, 3.63) is 71.8 Å². The van der Waals surface area contributed by atoms with Crippen LogP contribution in [0.3, 0.4) is 0 Å². The monoisotopic (exact) mass is 269 g/mol. The van der Waals surface area contributed by atoms with Gasteiger partial charge < -0.3 is 10.1 Å². The summed E-state index contributed by atoms with van der Waals surface area (Å²) < 4.78 is 5.32. The molecule has 0 spiro atoms. The predicted molar refractivity (Wildman–Crippen MR) is 83.8 cm³/mol. The Balaban J connectivity index is 2.08. The van der Waals surface area contributed by atoms with Crippen LogP contribution in [0, 0.1) is 0 Å². The third kappa shape index (κ3) is 4.48. The molecule has 0 fully saturated rings. The van der Waals surface area contributed by atoms with E-state index in [-0.39, 0.29) is 6.10 Å². The van der Waals surface area contributed by atoms with Gasteiger partial charge in [0.15, 0.2) is 0 Å². The molecule has 1 N–H and O–H groups in total. The molecule has 2 rings (SSSR count). The second-order valence-corrected chi connectivity index (χ2v) is 5.11. The van der Waals surface area contributed by atoms with Crippen LogP contribution in [-0.4, -0.2) is 19.8 Å². The van der Waals surface area contributed by atoms with E-state index in [1.165, 1.54) is 11.1 Å². The number of benzene rings is 2. The van der Waals surface area contributed by atoms with E-state index in [1.807, 2.05) is 0 Å². The molecule has 0 aliphatic carbocycles. The fourth-order valence-corrected chi connectivity index (χ4v) is 2.23. The van der Waals surface area contributed by atoms with E-state index in [9.17, 15) is 0 Å². The van der Waals surface area contributed by atoms with Crippen LogP contribution in [-0.2, 0) is 11.2 Å². The summed E-state index contributed by atoms with van der Waals surface area (Å²) in [5.41, 5.74) is 2.67. The van der Waals surface area contributed by atoms with Crippen molar-refractivity contribution in [2.45, 2.75) is 25.5 Å². The van der Waals surface area contributed by atoms with E-state index in [0.717, 1.165) is 13.0 Å². The molecule has 2 aromatic rings. The molecule has 0 bridgehead atoms. The molecule has 2 nitrogen and oxygen atoms in total. The molecule has 0 aromatic heterocycles. The van der Waals surface area contributed by atoms with Crippen molar-refractivity contribution in [2.24, 2.45) is 0 Å². The van der Waals surface area contributed by atoms with Gasteiger partial charge in [-0.25, -0.2) is 0 Å². The van der Waals surface area contributed by atoms with Gasteiger partial charge in [0.1, 0.15) is 0 Å². The zero-order chi connectivity index (χ0) is 14.2. The second-order valence-electron chi connectivity index (χ2n) is 5.11. The first kappa shape index (κ1) is 14.8. The second kappa shape index (κ2) is 7.83. The van der Waals surface area contributed by atoms with Crippen molar-refractivity contribution in [1.29, 1.82) is 0 Å². The minimum absolute atomic E-state index is 0.219. The van der Waals surface area contributed by atoms with Crippen molar-refractivity contribution in [3.63, 3.8) is 0 Å². The number of hydrogen-bond acceptors (Lipinski definition) is 2. The van der Waals surface area contributed by atoms with E-state index in [2.05, 4.69) is 72.9 Å². The van der Waals surface area contributed by atoms with Gasteiger partial charge in [-0.05, 0) is 24.5 Å². The maximum Gasteiger partial charge on any atom is 0.0667 e. The molecule has 0 amide bonds. The van der Waals surface area contributed by atoms with Gasteiger partial charge in [-0.1, -0.05) is 60.7 Å². The summed E-state index contributed by atoms with van der Waals surface area (Å²) in [7, 11) is 1.75. The van der Waals surface area contributed by atoms with Gasteiger partial charge in [0.2, 0.25) is 0 Å². The van der Waals surface area contributed by atoms with E-state index in [4.69, 9.17) is 4.74 Å². The lowest BCUT2D eigenvalue weighted by Gasteiger charge is -2.21. The number of hydrogen-bond donors (Lipinski definition) is 1. The number of rotatable bonds is 7. The third-order valence-corrected chi connectivity index (χ3v) is 3.54. The average molecular weight is 269 g/mol. The first-order valence-corrected chi connectivity index (χ1v) is 7.14. The molecule has 0 aliphatic rings. The SMILES string of the molecule is COC(C)CNC(Cc1ccccc1)c1ccccc1. The van der Waals surface area contributed by atoms with Crippen molar-refractivity contribution >= 4 is 0 Å². The topological polar surface area (TPSA) is 21.3 Å². The predicted octanol–water partition coefficient (Wildman–Crippen LogP) is 3.59. The van der Waals surface area contributed by atoms with Crippen LogP contribution < -0.4 is 5.32 Å². The molecule has 0 radical (unpaired) electrons. The molecule has 20 heavy (non-hydrogen) atoms. The average Bonchev–Trinajstić information content (AvgIpc) is 2.53. The number of nitrogens with one attached hydrogen (secondary N) is 1. The fourth-order valence-electron chi connectivity index (χ4n) is 2.23. The number of methoxy groups -OCH3 is 1. The minimum Gasteiger partial charge on any atom is -0.380 e. The molecule has 0 heterocycles. The van der Waals surface area contributed by atoms with Gasteiger partial charge >= 0.3 is 0 Å². The molecular weight excluding hydrogens is 246 g/mol. The van der Waals surface area contributed by atoms with Crippen LogP contribution in [0.2, 0.25) is 0 Å². The third-order valence-electron chi connectivity index (χ3n) is 3.54. The Bertz CT molecular complexity index is 483. The quantitative estimate of drug-likeness (QED) is 0.829. The Morgan fingerprint density at radius 2 is 1.55 bits per heavy atom. The molecule has 0 saturated carbocycles. The lowest BCUT2D eigenvalue weighted by atomic mass is 9.99. The lowest BCUT2D eigenvalue weighted by Crippen LogP contribution is -2.31. The van der Waals surface area contributed by atoms with E-state index >= 15 is 0 Å². The zero-order valence-electron chi connectivity index (χ0n) is 12.3. The van der Waals surface area contributed by atoms with Gasteiger partial charge in [0, 0.05) is 19.7 Å². The Kier molecular flexibility index (Phi) is 5.78. The molecule has 2 aromatic carbocycles. The van der Waals surface area contributed by atoms with Crippen LogP contribution in [0.4, 0.5) is 0 Å². The Labute approximate surface area is 121 Å². The highest BCUT2D eigenvalue weighted by Crippen LogP contribution is 2.18. The Morgan fingerprint density at radius 1 is 0.950 bits per heavy atom. The van der Waals surface area contributed by atoms with Crippen LogP contribution in [0.25, 0.3) is 0 Å². The summed E-state index contributed by atoms with van der Waals surface area (Å²) in [6, 6.07) is 21.5. The summed E-state index contributed by atoms with van der Waals surface area (Å²) in [5.74, 6) is 0. The first-order valence-electron chi connectivity index (χ1n) is 7.14. The van der Waals surface area contributed by atoms with E-state index in [1.54, 1.807) is 7.11 Å². The highest BCUT2D eigenvalue weighted by atomic mass is 16.5. The highest BCUT2D eigenvalue weighted by molar-refractivity contribution is 5.23. The maximum atomic E-state index is 5.32. The van der Waals surface area contributed by atoms with E-state index in [0.29, 0.717) is 6.04 Å². The van der Waals surface area contributed by atoms with Gasteiger partial charge in [0.05, 0.1) is 6.10 Å². The normalized spacial score (nSPS) is 13.9. The first-order chi connectivity index (χ1) is 9.79. The standard InChI is InChI=1S/C18H23NO/c1-15(20-2)14-19-18(17-11-7-4-8-12-17)13-16-9-5-3-6-10-16/h3-12,15,18-19H,13-14H2,1-2H3. The molecule has 2 atom stereocenters. The summed E-state index contributed by atoms with van der Waals surface area (Å²) in [6.07, 6.45) is 1.21. The van der Waals surface area contributed by atoms with Crippen LogP contribution in [0.1, 0.15) is 24.1 Å². The summed E-state index contributed by atoms with van der Waals surface area (Å²) >= 11 is 0. The van der Waals surface area contributed by atoms with Crippen LogP contribution >= 0.6 is 0 Å². The van der Waals surface area contributed by atoms with Gasteiger partial charge in [-0.3, -0.25) is 0 Å². The fraction of sp³-hybridized carbons (Fsp3) is 0.333. The lowest BCUT2D eigenvalue weighted by molar-refractivity contribution is 0.114. The molecule has 0 aliphatic heterocycles. The Hall–Kier alpha value is -1.64. The smallest absolute Gasteiger partial charge is 0.0667 e. The highest BCUT2D eigenvalue weighted by Gasteiger charge is 2.12. The van der Waals surface area contributed by atoms with Crippen molar-refractivity contribution in [1.82, 2.24) is 5.32 Å². The van der Waals surface area contributed by atoms with Crippen molar-refractivity contribution in [2.75, 3.05) is 13.7 Å². The Morgan fingerprint density at radius 3 is 2.15 bits per heavy atom. The summed E-state index contributed by atoms with van der Waals surface area (Å²) in [5, 5.41) is 3.61. The molecule has 106 valence electrons. The summed E-state index contributed by atoms with van der Waals surface area (Å²) in [4.78, 5) is 0. The van der Waals surface area contributed by atoms with Gasteiger partial charge in [0.25, 0.3) is 0 Å². The molecule has 2 unspecified atom stereocenters. The zero-order valence-corrected chi connectivity index (χ0v) is 12.3. The van der Waals surface area contributed by atoms with Crippen molar-refractivity contribution in [3.8, 4) is 0 Å². The van der Waals surface area contributed by atoms with Gasteiger partial charge in [-0.2, -0.15) is 0 Å². The van der Waals surface area contributed by atoms with Gasteiger partial charge in [-0.15, -0.1) is 0 Å². The van der Waals surface area contributed by atoms with Crippen LogP contribution in [0.15, 0.2) is 60.7 Å². The van der Waals surface area contributed by atoms with E-state index < -0.39 is 0 Å². The van der Waals surface area contributed by atoms with Crippen molar-refractivity contribution < 1.29 is 4.74 Å².